The average molecular weight is 619 g/mol. The number of aliphatic carboxylic acids is 1. The van der Waals surface area contributed by atoms with Gasteiger partial charge in [-0.2, -0.15) is 0 Å². The number of carbonyl (C=O) groups excluding carboxylic acids is 4. The van der Waals surface area contributed by atoms with E-state index in [1.807, 2.05) is 11.8 Å². The molecule has 4 amide bonds. The number of fused-ring (bicyclic) bond motifs is 1. The van der Waals surface area contributed by atoms with Crippen LogP contribution in [-0.2, 0) is 30.5 Å². The maximum Gasteiger partial charge on any atom is 0.353 e. The molecular formula is C26H38N10O6S. The van der Waals surface area contributed by atoms with E-state index in [0.29, 0.717) is 43.4 Å². The van der Waals surface area contributed by atoms with E-state index >= 15 is 0 Å². The third-order valence-electron chi connectivity index (χ3n) is 8.80. The van der Waals surface area contributed by atoms with Crippen LogP contribution < -0.4 is 21.7 Å². The molecule has 6 atom stereocenters. The van der Waals surface area contributed by atoms with Crippen LogP contribution in [0.25, 0.3) is 0 Å². The molecule has 1 unspecified atom stereocenters. The predicted octanol–water partition coefficient (Wildman–Crippen LogP) is -2.27. The van der Waals surface area contributed by atoms with Crippen LogP contribution in [0.2, 0.25) is 0 Å². The first-order valence-electron chi connectivity index (χ1n) is 14.5. The molecular weight excluding hydrogens is 580 g/mol. The van der Waals surface area contributed by atoms with Crippen molar-refractivity contribution in [2.75, 3.05) is 32.7 Å². The SMILES string of the molecule is CC(NC(=O)Cn1cnnn1)[C@H]1C(=O)N2C(C(=O)O)=C(S[C@@H]3CN[C@H](C(=O)N4CCC(CNC(=O)CN)CC4)C3)[C@H](C)[C@H]12. The van der Waals surface area contributed by atoms with E-state index in [9.17, 15) is 29.1 Å². The standard InChI is InChI=1S/C26H38N10O6S/c1-13-21-20(14(2)31-19(38)11-35-12-30-32-33-35)25(40)36(21)22(26(41)42)23(13)43-16-7-17(28-10-16)24(39)34-5-3-15(4-6-34)9-29-18(37)8-27/h12-17,20-21,28H,3-11,27H2,1-2H3,(H,29,37)(H,31,38)(H,41,42)/t13-,14?,16+,17+,20-,21-/m1/s1. The summed E-state index contributed by atoms with van der Waals surface area (Å²) >= 11 is 1.43. The summed E-state index contributed by atoms with van der Waals surface area (Å²) < 4.78 is 1.27. The second kappa shape index (κ2) is 13.0. The van der Waals surface area contributed by atoms with Crippen molar-refractivity contribution >= 4 is 41.4 Å². The van der Waals surface area contributed by atoms with Gasteiger partial charge in [-0.3, -0.25) is 19.2 Å². The molecule has 0 saturated carbocycles. The van der Waals surface area contributed by atoms with Gasteiger partial charge in [0, 0.05) is 48.3 Å². The summed E-state index contributed by atoms with van der Waals surface area (Å²) in [5.41, 5.74) is 5.34. The molecule has 0 bridgehead atoms. The van der Waals surface area contributed by atoms with Gasteiger partial charge in [0.25, 0.3) is 0 Å². The highest BCUT2D eigenvalue weighted by Gasteiger charge is 2.60. The van der Waals surface area contributed by atoms with Crippen LogP contribution in [0.3, 0.4) is 0 Å². The van der Waals surface area contributed by atoms with Crippen molar-refractivity contribution in [2.24, 2.45) is 23.5 Å². The third kappa shape index (κ3) is 6.38. The summed E-state index contributed by atoms with van der Waals surface area (Å²) in [6.07, 6.45) is 3.47. The molecule has 5 heterocycles. The van der Waals surface area contributed by atoms with Crippen LogP contribution >= 0.6 is 11.8 Å². The lowest BCUT2D eigenvalue weighted by molar-refractivity contribution is -0.158. The van der Waals surface area contributed by atoms with E-state index in [2.05, 4.69) is 31.5 Å². The van der Waals surface area contributed by atoms with E-state index in [-0.39, 0.29) is 65.7 Å². The van der Waals surface area contributed by atoms with Crippen LogP contribution in [0.5, 0.6) is 0 Å². The molecule has 17 heteroatoms. The lowest BCUT2D eigenvalue weighted by Gasteiger charge is -2.47. The van der Waals surface area contributed by atoms with Gasteiger partial charge in [0.05, 0.1) is 24.5 Å². The molecule has 43 heavy (non-hydrogen) atoms. The highest BCUT2D eigenvalue weighted by molar-refractivity contribution is 8.03. The molecule has 5 rings (SSSR count). The smallest absolute Gasteiger partial charge is 0.353 e. The second-order valence-corrected chi connectivity index (χ2v) is 13.0. The van der Waals surface area contributed by atoms with Crippen LogP contribution in [0.15, 0.2) is 16.9 Å². The largest absolute Gasteiger partial charge is 0.477 e. The molecule has 0 radical (unpaired) electrons. The number of hydrogen-bond donors (Lipinski definition) is 5. The van der Waals surface area contributed by atoms with E-state index < -0.39 is 17.9 Å². The number of tetrazole rings is 1. The molecule has 16 nitrogen and oxygen atoms in total. The molecule has 3 fully saturated rings. The van der Waals surface area contributed by atoms with Crippen molar-refractivity contribution in [3.8, 4) is 0 Å². The molecule has 234 valence electrons. The maximum absolute atomic E-state index is 13.3. The van der Waals surface area contributed by atoms with Gasteiger partial charge in [-0.15, -0.1) is 16.9 Å². The van der Waals surface area contributed by atoms with E-state index in [1.165, 1.54) is 27.7 Å². The zero-order valence-corrected chi connectivity index (χ0v) is 25.0. The minimum atomic E-state index is -1.16. The maximum atomic E-state index is 13.3. The number of amides is 4. The number of nitrogens with one attached hydrogen (secondary N) is 3. The molecule has 6 N–H and O–H groups in total. The van der Waals surface area contributed by atoms with E-state index in [1.54, 1.807) is 6.92 Å². The van der Waals surface area contributed by atoms with Crippen LogP contribution in [0.4, 0.5) is 0 Å². The summed E-state index contributed by atoms with van der Waals surface area (Å²) in [5, 5.41) is 29.7. The minimum absolute atomic E-state index is 0.00505. The third-order valence-corrected chi connectivity index (χ3v) is 10.3. The summed E-state index contributed by atoms with van der Waals surface area (Å²) in [6.45, 7) is 5.86. The topological polar surface area (TPSA) is 218 Å². The molecule has 4 aliphatic rings. The first kappa shape index (κ1) is 30.9. The second-order valence-electron chi connectivity index (χ2n) is 11.6. The average Bonchev–Trinajstić information content (AvgIpc) is 3.72. The monoisotopic (exact) mass is 618 g/mol. The highest BCUT2D eigenvalue weighted by atomic mass is 32.2. The number of thioether (sulfide) groups is 1. The predicted molar refractivity (Wildman–Crippen MR) is 153 cm³/mol. The highest BCUT2D eigenvalue weighted by Crippen LogP contribution is 2.51. The van der Waals surface area contributed by atoms with Gasteiger partial charge in [-0.1, -0.05) is 6.92 Å². The number of carboxylic acid groups (broad SMARTS) is 1. The van der Waals surface area contributed by atoms with Crippen molar-refractivity contribution in [1.82, 2.24) is 46.0 Å². The molecule has 3 saturated heterocycles. The lowest BCUT2D eigenvalue weighted by Crippen LogP contribution is -2.66. The van der Waals surface area contributed by atoms with Gasteiger partial charge in [-0.05, 0) is 42.5 Å². The lowest BCUT2D eigenvalue weighted by atomic mass is 9.78. The number of carbonyl (C=O) groups is 5. The number of nitrogens with zero attached hydrogens (tertiary/aromatic N) is 6. The fraction of sp³-hybridized carbons (Fsp3) is 0.692. The first-order chi connectivity index (χ1) is 20.6. The number of aromatic nitrogens is 4. The number of rotatable bonds is 11. The summed E-state index contributed by atoms with van der Waals surface area (Å²) in [4.78, 5) is 66.6. The Morgan fingerprint density at radius 2 is 1.98 bits per heavy atom. The van der Waals surface area contributed by atoms with Gasteiger partial charge in [-0.25, -0.2) is 9.48 Å². The number of β-lactam (4-membered cyclic amide) rings is 1. The Morgan fingerprint density at radius 3 is 2.63 bits per heavy atom. The Morgan fingerprint density at radius 1 is 1.23 bits per heavy atom. The molecule has 0 spiro atoms. The fourth-order valence-corrected chi connectivity index (χ4v) is 8.03. The van der Waals surface area contributed by atoms with Gasteiger partial charge < -0.3 is 36.6 Å². The minimum Gasteiger partial charge on any atom is -0.477 e. The zero-order chi connectivity index (χ0) is 30.8. The van der Waals surface area contributed by atoms with Crippen LogP contribution in [-0.4, -0.2) is 121 Å². The van der Waals surface area contributed by atoms with Crippen LogP contribution in [0, 0.1) is 17.8 Å². The number of nitrogens with two attached hydrogens (primary N) is 1. The summed E-state index contributed by atoms with van der Waals surface area (Å²) in [7, 11) is 0. The van der Waals surface area contributed by atoms with Crippen molar-refractivity contribution in [3.63, 3.8) is 0 Å². The summed E-state index contributed by atoms with van der Waals surface area (Å²) in [6, 6.07) is -1.26. The summed E-state index contributed by atoms with van der Waals surface area (Å²) in [5.74, 6) is -2.50. The van der Waals surface area contributed by atoms with Crippen LogP contribution in [0.1, 0.15) is 33.1 Å². The number of piperidine rings is 1. The number of likely N-dealkylation sites (tertiary alicyclic amines) is 1. The van der Waals surface area contributed by atoms with Gasteiger partial charge >= 0.3 is 5.97 Å². The van der Waals surface area contributed by atoms with Gasteiger partial charge in [0.15, 0.2) is 0 Å². The number of hydrogen-bond acceptors (Lipinski definition) is 11. The van der Waals surface area contributed by atoms with Crippen molar-refractivity contribution in [3.05, 3.63) is 16.9 Å². The molecule has 0 aromatic carbocycles. The van der Waals surface area contributed by atoms with E-state index in [4.69, 9.17) is 5.73 Å². The number of carboxylic acids is 1. The Bertz CT molecular complexity index is 1280. The molecule has 0 aliphatic carbocycles. The molecule has 1 aromatic heterocycles. The van der Waals surface area contributed by atoms with Gasteiger partial charge in [0.2, 0.25) is 23.6 Å². The first-order valence-corrected chi connectivity index (χ1v) is 15.4. The molecule has 1 aromatic rings. The molecule has 4 aliphatic heterocycles. The zero-order valence-electron chi connectivity index (χ0n) is 24.1. The van der Waals surface area contributed by atoms with Crippen molar-refractivity contribution in [1.29, 1.82) is 0 Å². The Hall–Kier alpha value is -3.57. The Kier molecular flexibility index (Phi) is 9.31. The van der Waals surface area contributed by atoms with Crippen molar-refractivity contribution in [2.45, 2.75) is 63.0 Å². The fourth-order valence-electron chi connectivity index (χ4n) is 6.55. The van der Waals surface area contributed by atoms with Crippen molar-refractivity contribution < 1.29 is 29.1 Å². The van der Waals surface area contributed by atoms with Gasteiger partial charge in [0.1, 0.15) is 18.6 Å². The Labute approximate surface area is 252 Å². The van der Waals surface area contributed by atoms with E-state index in [0.717, 1.165) is 12.8 Å². The quantitative estimate of drug-likeness (QED) is 0.166. The Balaban J connectivity index is 1.15. The normalized spacial score (nSPS) is 28.0.